The molecule has 7 nitrogen and oxygen atoms in total. The first kappa shape index (κ1) is 21.5. The molecule has 0 saturated carbocycles. The molecule has 0 unspecified atom stereocenters. The van der Waals surface area contributed by atoms with Crippen LogP contribution in [0.15, 0.2) is 29.2 Å². The van der Waals surface area contributed by atoms with Gasteiger partial charge in [-0.1, -0.05) is 12.1 Å². The monoisotopic (exact) mass is 419 g/mol. The van der Waals surface area contributed by atoms with Gasteiger partial charge in [0, 0.05) is 37.5 Å². The van der Waals surface area contributed by atoms with Crippen molar-refractivity contribution in [3.05, 3.63) is 24.3 Å². The Hall–Kier alpha value is -2.22. The molecule has 3 rings (SSSR count). The van der Waals surface area contributed by atoms with Crippen molar-refractivity contribution in [3.63, 3.8) is 0 Å². The number of fused-ring (bicyclic) bond motifs is 1. The highest BCUT2D eigenvalue weighted by molar-refractivity contribution is 8.01. The summed E-state index contributed by atoms with van der Waals surface area (Å²) >= 11 is 1.43. The number of likely N-dealkylation sites (tertiary alicyclic amines) is 1. The number of likely N-dealkylation sites (N-methyl/N-ethyl adjacent to an activating group) is 1. The third-order valence-electron chi connectivity index (χ3n) is 4.95. The van der Waals surface area contributed by atoms with E-state index >= 15 is 0 Å². The molecule has 1 fully saturated rings. The number of carbonyl (C=O) groups excluding carboxylic acids is 3. The van der Waals surface area contributed by atoms with Gasteiger partial charge in [-0.25, -0.2) is 4.79 Å². The number of ether oxygens (including phenoxy) is 1. The van der Waals surface area contributed by atoms with E-state index in [0.29, 0.717) is 13.1 Å². The lowest BCUT2D eigenvalue weighted by Crippen LogP contribution is -2.46. The molecule has 0 bridgehead atoms. The van der Waals surface area contributed by atoms with Crippen LogP contribution < -0.4 is 5.32 Å². The van der Waals surface area contributed by atoms with Crippen molar-refractivity contribution >= 4 is 35.4 Å². The van der Waals surface area contributed by atoms with E-state index in [9.17, 15) is 14.4 Å². The van der Waals surface area contributed by atoms with E-state index in [4.69, 9.17) is 4.74 Å². The lowest BCUT2D eigenvalue weighted by molar-refractivity contribution is -0.133. The number of hydrogen-bond donors (Lipinski definition) is 1. The Bertz CT molecular complexity index is 792. The minimum atomic E-state index is -0.557. The molecule has 2 aliphatic heterocycles. The Morgan fingerprint density at radius 2 is 2.03 bits per heavy atom. The van der Waals surface area contributed by atoms with Gasteiger partial charge in [0.05, 0.1) is 10.9 Å². The van der Waals surface area contributed by atoms with Crippen LogP contribution in [0.2, 0.25) is 0 Å². The van der Waals surface area contributed by atoms with Crippen LogP contribution in [-0.2, 0) is 14.3 Å². The second kappa shape index (κ2) is 8.65. The normalized spacial score (nSPS) is 21.4. The molecule has 29 heavy (non-hydrogen) atoms. The zero-order valence-electron chi connectivity index (χ0n) is 17.4. The molecule has 3 amide bonds. The first-order valence-electron chi connectivity index (χ1n) is 9.94. The SMILES string of the molecule is CN(C[C@H]1CCCN1C(=O)C[C@@H]1Sc2ccccc2NC1=O)C(=O)OC(C)(C)C. The van der Waals surface area contributed by atoms with Gasteiger partial charge in [-0.05, 0) is 45.7 Å². The summed E-state index contributed by atoms with van der Waals surface area (Å²) in [6, 6.07) is 7.56. The molecule has 1 aromatic carbocycles. The van der Waals surface area contributed by atoms with Crippen LogP contribution in [0.25, 0.3) is 0 Å². The predicted molar refractivity (Wildman–Crippen MR) is 113 cm³/mol. The third kappa shape index (κ3) is 5.44. The fourth-order valence-corrected chi connectivity index (χ4v) is 4.69. The van der Waals surface area contributed by atoms with Crippen LogP contribution in [-0.4, -0.2) is 64.7 Å². The van der Waals surface area contributed by atoms with Crippen molar-refractivity contribution in [2.75, 3.05) is 25.5 Å². The van der Waals surface area contributed by atoms with Crippen molar-refractivity contribution < 1.29 is 19.1 Å². The quantitative estimate of drug-likeness (QED) is 0.810. The van der Waals surface area contributed by atoms with E-state index in [2.05, 4.69) is 5.32 Å². The van der Waals surface area contributed by atoms with Crippen LogP contribution in [0.5, 0.6) is 0 Å². The topological polar surface area (TPSA) is 79.0 Å². The zero-order chi connectivity index (χ0) is 21.2. The smallest absolute Gasteiger partial charge is 0.410 e. The molecule has 0 radical (unpaired) electrons. The number of amides is 3. The predicted octanol–water partition coefficient (Wildman–Crippen LogP) is 3.35. The number of para-hydroxylation sites is 1. The third-order valence-corrected chi connectivity index (χ3v) is 6.23. The Labute approximate surface area is 176 Å². The number of hydrogen-bond acceptors (Lipinski definition) is 5. The average Bonchev–Trinajstić information content (AvgIpc) is 3.09. The number of nitrogens with one attached hydrogen (secondary N) is 1. The van der Waals surface area contributed by atoms with Gasteiger partial charge in [0.2, 0.25) is 11.8 Å². The molecule has 1 saturated heterocycles. The molecule has 0 spiro atoms. The molecule has 1 aromatic rings. The molecule has 8 heteroatoms. The Morgan fingerprint density at radius 1 is 1.31 bits per heavy atom. The Morgan fingerprint density at radius 3 is 2.76 bits per heavy atom. The van der Waals surface area contributed by atoms with E-state index in [1.807, 2.05) is 49.9 Å². The number of anilines is 1. The summed E-state index contributed by atoms with van der Waals surface area (Å²) in [5, 5.41) is 2.44. The van der Waals surface area contributed by atoms with Gasteiger partial charge >= 0.3 is 6.09 Å². The van der Waals surface area contributed by atoms with Crippen molar-refractivity contribution in [2.24, 2.45) is 0 Å². The van der Waals surface area contributed by atoms with Crippen LogP contribution in [0, 0.1) is 0 Å². The molecular formula is C21H29N3O4S. The van der Waals surface area contributed by atoms with Gasteiger partial charge < -0.3 is 19.9 Å². The standard InChI is InChI=1S/C21H29N3O4S/c1-21(2,3)28-20(27)23(4)13-14-8-7-11-24(14)18(25)12-17-19(26)22-15-9-5-6-10-16(15)29-17/h5-6,9-10,14,17H,7-8,11-13H2,1-4H3,(H,22,26)/t14-,17+/m1/s1. The minimum Gasteiger partial charge on any atom is -0.444 e. The summed E-state index contributed by atoms with van der Waals surface area (Å²) in [5.41, 5.74) is 0.238. The highest BCUT2D eigenvalue weighted by Crippen LogP contribution is 2.37. The summed E-state index contributed by atoms with van der Waals surface area (Å²) < 4.78 is 5.40. The molecule has 1 N–H and O–H groups in total. The van der Waals surface area contributed by atoms with Crippen LogP contribution >= 0.6 is 11.8 Å². The zero-order valence-corrected chi connectivity index (χ0v) is 18.3. The van der Waals surface area contributed by atoms with E-state index in [1.54, 1.807) is 7.05 Å². The molecule has 2 atom stereocenters. The lowest BCUT2D eigenvalue weighted by atomic mass is 10.2. The van der Waals surface area contributed by atoms with Crippen LogP contribution in [0.4, 0.5) is 10.5 Å². The molecule has 0 aliphatic carbocycles. The summed E-state index contributed by atoms with van der Waals surface area (Å²) in [4.78, 5) is 41.9. The number of thioether (sulfide) groups is 1. The summed E-state index contributed by atoms with van der Waals surface area (Å²) in [6.07, 6.45) is 1.49. The fourth-order valence-electron chi connectivity index (χ4n) is 3.59. The number of nitrogens with zero attached hydrogens (tertiary/aromatic N) is 2. The lowest BCUT2D eigenvalue weighted by Gasteiger charge is -2.31. The van der Waals surface area contributed by atoms with Crippen LogP contribution in [0.1, 0.15) is 40.0 Å². The first-order chi connectivity index (χ1) is 13.6. The van der Waals surface area contributed by atoms with Gasteiger partial charge in [0.1, 0.15) is 5.60 Å². The Kier molecular flexibility index (Phi) is 6.41. The van der Waals surface area contributed by atoms with Crippen LogP contribution in [0.3, 0.4) is 0 Å². The van der Waals surface area contributed by atoms with Gasteiger partial charge in [0.15, 0.2) is 0 Å². The summed E-state index contributed by atoms with van der Waals surface area (Å²) in [6.45, 7) is 6.56. The maximum atomic E-state index is 13.0. The van der Waals surface area contributed by atoms with E-state index in [0.717, 1.165) is 23.4 Å². The average molecular weight is 420 g/mol. The largest absolute Gasteiger partial charge is 0.444 e. The van der Waals surface area contributed by atoms with Gasteiger partial charge in [-0.2, -0.15) is 0 Å². The molecule has 158 valence electrons. The van der Waals surface area contributed by atoms with Crippen molar-refractivity contribution in [1.29, 1.82) is 0 Å². The second-order valence-electron chi connectivity index (χ2n) is 8.54. The number of rotatable bonds is 4. The maximum absolute atomic E-state index is 13.0. The molecule has 2 heterocycles. The van der Waals surface area contributed by atoms with Gasteiger partial charge in [-0.3, -0.25) is 9.59 Å². The van der Waals surface area contributed by atoms with E-state index < -0.39 is 16.9 Å². The summed E-state index contributed by atoms with van der Waals surface area (Å²) in [5.74, 6) is -0.180. The highest BCUT2D eigenvalue weighted by Gasteiger charge is 2.35. The van der Waals surface area contributed by atoms with E-state index in [1.165, 1.54) is 16.7 Å². The van der Waals surface area contributed by atoms with Gasteiger partial charge in [0.25, 0.3) is 0 Å². The number of carbonyl (C=O) groups is 3. The molecule has 0 aromatic heterocycles. The first-order valence-corrected chi connectivity index (χ1v) is 10.8. The minimum absolute atomic E-state index is 0.0443. The Balaban J connectivity index is 1.59. The number of benzene rings is 1. The fraction of sp³-hybridized carbons (Fsp3) is 0.571. The summed E-state index contributed by atoms with van der Waals surface area (Å²) in [7, 11) is 1.69. The van der Waals surface area contributed by atoms with Crippen molar-refractivity contribution in [1.82, 2.24) is 9.80 Å². The molecule has 2 aliphatic rings. The maximum Gasteiger partial charge on any atom is 0.410 e. The molecular weight excluding hydrogens is 390 g/mol. The highest BCUT2D eigenvalue weighted by atomic mass is 32.2. The van der Waals surface area contributed by atoms with Crippen molar-refractivity contribution in [2.45, 2.75) is 61.8 Å². The van der Waals surface area contributed by atoms with E-state index in [-0.39, 0.29) is 24.3 Å². The van der Waals surface area contributed by atoms with Gasteiger partial charge in [-0.15, -0.1) is 11.8 Å². The van der Waals surface area contributed by atoms with Crippen molar-refractivity contribution in [3.8, 4) is 0 Å². The second-order valence-corrected chi connectivity index (χ2v) is 9.78.